The Hall–Kier alpha value is -1.59. The standard InChI is InChI=1S/C12H15NO4/c13-4-7(3-12(15)16)10-1-8-5-17-6-9(8)2-11(10)14/h1-2,7,14H,3-6,13H2,(H,15,16). The fourth-order valence-electron chi connectivity index (χ4n) is 2.09. The maximum absolute atomic E-state index is 10.7. The third kappa shape index (κ3) is 2.40. The van der Waals surface area contributed by atoms with Gasteiger partial charge < -0.3 is 20.7 Å². The van der Waals surface area contributed by atoms with E-state index in [1.807, 2.05) is 0 Å². The van der Waals surface area contributed by atoms with Gasteiger partial charge >= 0.3 is 5.97 Å². The molecule has 1 heterocycles. The van der Waals surface area contributed by atoms with Crippen LogP contribution in [-0.2, 0) is 22.7 Å². The Labute approximate surface area is 98.8 Å². The monoisotopic (exact) mass is 237 g/mol. The molecular formula is C12H15NO4. The van der Waals surface area contributed by atoms with Gasteiger partial charge in [0.15, 0.2) is 0 Å². The normalized spacial score (nSPS) is 15.6. The van der Waals surface area contributed by atoms with Crippen LogP contribution in [0.25, 0.3) is 0 Å². The minimum Gasteiger partial charge on any atom is -0.508 e. The van der Waals surface area contributed by atoms with Crippen LogP contribution in [0, 0.1) is 0 Å². The van der Waals surface area contributed by atoms with Crippen molar-refractivity contribution >= 4 is 5.97 Å². The number of ether oxygens (including phenoxy) is 1. The highest BCUT2D eigenvalue weighted by molar-refractivity contribution is 5.68. The Morgan fingerprint density at radius 1 is 1.41 bits per heavy atom. The molecule has 1 atom stereocenters. The number of rotatable bonds is 4. The molecule has 0 bridgehead atoms. The highest BCUT2D eigenvalue weighted by Gasteiger charge is 2.21. The van der Waals surface area contributed by atoms with Gasteiger partial charge in [0.2, 0.25) is 0 Å². The summed E-state index contributed by atoms with van der Waals surface area (Å²) in [7, 11) is 0. The maximum Gasteiger partial charge on any atom is 0.304 e. The van der Waals surface area contributed by atoms with E-state index in [0.29, 0.717) is 18.8 Å². The van der Waals surface area contributed by atoms with Crippen LogP contribution >= 0.6 is 0 Å². The van der Waals surface area contributed by atoms with E-state index in [-0.39, 0.29) is 24.6 Å². The van der Waals surface area contributed by atoms with Crippen LogP contribution in [0.5, 0.6) is 5.75 Å². The Morgan fingerprint density at radius 2 is 2.06 bits per heavy atom. The summed E-state index contributed by atoms with van der Waals surface area (Å²) in [6.45, 7) is 1.20. The van der Waals surface area contributed by atoms with Gasteiger partial charge in [0.05, 0.1) is 19.6 Å². The van der Waals surface area contributed by atoms with Crippen molar-refractivity contribution in [1.82, 2.24) is 0 Å². The smallest absolute Gasteiger partial charge is 0.304 e. The molecule has 0 radical (unpaired) electrons. The summed E-state index contributed by atoms with van der Waals surface area (Å²) in [5, 5.41) is 18.7. The molecule has 5 heteroatoms. The molecule has 92 valence electrons. The molecule has 0 saturated heterocycles. The van der Waals surface area contributed by atoms with Gasteiger partial charge in [0.25, 0.3) is 0 Å². The number of hydrogen-bond donors (Lipinski definition) is 3. The highest BCUT2D eigenvalue weighted by atomic mass is 16.5. The number of benzene rings is 1. The number of carbonyl (C=O) groups is 1. The zero-order valence-electron chi connectivity index (χ0n) is 9.35. The van der Waals surface area contributed by atoms with Crippen molar-refractivity contribution in [2.75, 3.05) is 6.54 Å². The van der Waals surface area contributed by atoms with Gasteiger partial charge in [0.1, 0.15) is 5.75 Å². The van der Waals surface area contributed by atoms with E-state index in [1.165, 1.54) is 0 Å². The molecule has 1 aliphatic rings. The van der Waals surface area contributed by atoms with E-state index >= 15 is 0 Å². The van der Waals surface area contributed by atoms with Crippen LogP contribution in [0.1, 0.15) is 29.0 Å². The van der Waals surface area contributed by atoms with Crippen LogP contribution < -0.4 is 5.73 Å². The first-order valence-corrected chi connectivity index (χ1v) is 5.46. The summed E-state index contributed by atoms with van der Waals surface area (Å²) in [5.74, 6) is -1.18. The molecule has 0 spiro atoms. The van der Waals surface area contributed by atoms with E-state index in [0.717, 1.165) is 11.1 Å². The van der Waals surface area contributed by atoms with Crippen LogP contribution in [0.15, 0.2) is 12.1 Å². The van der Waals surface area contributed by atoms with E-state index in [4.69, 9.17) is 15.6 Å². The van der Waals surface area contributed by atoms with Crippen molar-refractivity contribution in [1.29, 1.82) is 0 Å². The number of phenolic OH excluding ortho intramolecular Hbond substituents is 1. The lowest BCUT2D eigenvalue weighted by atomic mass is 9.92. The Morgan fingerprint density at radius 3 is 2.65 bits per heavy atom. The Balaban J connectivity index is 2.33. The fraction of sp³-hybridized carbons (Fsp3) is 0.417. The van der Waals surface area contributed by atoms with Crippen molar-refractivity contribution in [2.24, 2.45) is 5.73 Å². The molecular weight excluding hydrogens is 222 g/mol. The van der Waals surface area contributed by atoms with Crippen molar-refractivity contribution in [3.63, 3.8) is 0 Å². The summed E-state index contributed by atoms with van der Waals surface area (Å²) in [6.07, 6.45) is -0.0797. The largest absolute Gasteiger partial charge is 0.508 e. The van der Waals surface area contributed by atoms with Crippen molar-refractivity contribution in [3.8, 4) is 5.75 Å². The van der Waals surface area contributed by atoms with Gasteiger partial charge in [-0.3, -0.25) is 4.79 Å². The van der Waals surface area contributed by atoms with Crippen molar-refractivity contribution < 1.29 is 19.7 Å². The first kappa shape index (κ1) is 11.9. The average Bonchev–Trinajstić information content (AvgIpc) is 2.71. The van der Waals surface area contributed by atoms with Crippen LogP contribution in [0.3, 0.4) is 0 Å². The second-order valence-corrected chi connectivity index (χ2v) is 4.20. The molecule has 17 heavy (non-hydrogen) atoms. The molecule has 1 aromatic carbocycles. The van der Waals surface area contributed by atoms with Gasteiger partial charge in [0, 0.05) is 5.92 Å². The highest BCUT2D eigenvalue weighted by Crippen LogP contribution is 2.33. The van der Waals surface area contributed by atoms with Gasteiger partial charge in [-0.25, -0.2) is 0 Å². The molecule has 1 aliphatic heterocycles. The first-order chi connectivity index (χ1) is 8.11. The SMILES string of the molecule is NCC(CC(=O)O)c1cc2c(cc1O)COC2. The second-order valence-electron chi connectivity index (χ2n) is 4.20. The van der Waals surface area contributed by atoms with Crippen LogP contribution in [-0.4, -0.2) is 22.7 Å². The average molecular weight is 237 g/mol. The summed E-state index contributed by atoms with van der Waals surface area (Å²) in [4.78, 5) is 10.7. The number of carboxylic acid groups (broad SMARTS) is 1. The van der Waals surface area contributed by atoms with Gasteiger partial charge in [-0.2, -0.15) is 0 Å². The number of nitrogens with two attached hydrogens (primary N) is 1. The second kappa shape index (κ2) is 4.73. The quantitative estimate of drug-likeness (QED) is 0.724. The third-order valence-corrected chi connectivity index (χ3v) is 3.01. The van der Waals surface area contributed by atoms with Crippen LogP contribution in [0.4, 0.5) is 0 Å². The number of aliphatic carboxylic acids is 1. The summed E-state index contributed by atoms with van der Waals surface area (Å²) >= 11 is 0. The molecule has 0 aromatic heterocycles. The molecule has 1 aromatic rings. The predicted octanol–water partition coefficient (Wildman–Crippen LogP) is 0.939. The number of aromatic hydroxyl groups is 1. The summed E-state index contributed by atoms with van der Waals surface area (Å²) in [6, 6.07) is 3.44. The van der Waals surface area contributed by atoms with Gasteiger partial charge in [-0.15, -0.1) is 0 Å². The van der Waals surface area contributed by atoms with Gasteiger partial charge in [-0.1, -0.05) is 0 Å². The van der Waals surface area contributed by atoms with E-state index < -0.39 is 5.97 Å². The number of phenols is 1. The predicted molar refractivity (Wildman–Crippen MR) is 60.6 cm³/mol. The molecule has 0 saturated carbocycles. The lowest BCUT2D eigenvalue weighted by Crippen LogP contribution is -2.16. The third-order valence-electron chi connectivity index (χ3n) is 3.01. The zero-order valence-corrected chi connectivity index (χ0v) is 9.35. The molecule has 0 aliphatic carbocycles. The minimum absolute atomic E-state index is 0.0797. The lowest BCUT2D eigenvalue weighted by Gasteiger charge is -2.15. The van der Waals surface area contributed by atoms with E-state index in [9.17, 15) is 9.90 Å². The number of carboxylic acids is 1. The number of fused-ring (bicyclic) bond motifs is 1. The van der Waals surface area contributed by atoms with Crippen LogP contribution in [0.2, 0.25) is 0 Å². The molecule has 5 nitrogen and oxygen atoms in total. The molecule has 2 rings (SSSR count). The fourth-order valence-corrected chi connectivity index (χ4v) is 2.09. The summed E-state index contributed by atoms with van der Waals surface area (Å²) < 4.78 is 5.26. The Bertz CT molecular complexity index is 444. The minimum atomic E-state index is -0.920. The zero-order chi connectivity index (χ0) is 12.4. The molecule has 1 unspecified atom stereocenters. The Kier molecular flexibility index (Phi) is 3.31. The van der Waals surface area contributed by atoms with Crippen molar-refractivity contribution in [2.45, 2.75) is 25.6 Å². The number of hydrogen-bond acceptors (Lipinski definition) is 4. The van der Waals surface area contributed by atoms with Gasteiger partial charge in [-0.05, 0) is 35.4 Å². The first-order valence-electron chi connectivity index (χ1n) is 5.46. The topological polar surface area (TPSA) is 92.8 Å². The molecule has 0 amide bonds. The maximum atomic E-state index is 10.7. The summed E-state index contributed by atoms with van der Waals surface area (Å²) in [5.41, 5.74) is 8.12. The van der Waals surface area contributed by atoms with E-state index in [2.05, 4.69) is 0 Å². The molecule has 4 N–H and O–H groups in total. The molecule has 0 fully saturated rings. The van der Waals surface area contributed by atoms with E-state index in [1.54, 1.807) is 12.1 Å². The lowest BCUT2D eigenvalue weighted by molar-refractivity contribution is -0.137. The van der Waals surface area contributed by atoms with Crippen molar-refractivity contribution in [3.05, 3.63) is 28.8 Å².